The first-order valence-corrected chi connectivity index (χ1v) is 2.59. The second-order valence-corrected chi connectivity index (χ2v) is 1.33. The summed E-state index contributed by atoms with van der Waals surface area (Å²) in [5.41, 5.74) is 0. The van der Waals surface area contributed by atoms with Gasteiger partial charge >= 0.3 is 0 Å². The molecule has 0 amide bonds. The van der Waals surface area contributed by atoms with Crippen LogP contribution in [0, 0.1) is 0 Å². The Balaban J connectivity index is 0. The molecule has 0 aromatic heterocycles. The van der Waals surface area contributed by atoms with Crippen LogP contribution in [-0.4, -0.2) is 68.2 Å². The van der Waals surface area contributed by atoms with Crippen LogP contribution >= 0.6 is 0 Å². The van der Waals surface area contributed by atoms with Crippen molar-refractivity contribution < 1.29 is 14.6 Å². The average Bonchev–Trinajstić information content (AvgIpc) is 1.81. The number of ether oxygens (including phenoxy) is 2. The van der Waals surface area contributed by atoms with Crippen LogP contribution in [-0.2, 0) is 9.47 Å². The molecule has 3 nitrogen and oxygen atoms in total. The zero-order chi connectivity index (χ0) is 6.24. The summed E-state index contributed by atoms with van der Waals surface area (Å²) in [6.45, 7) is 1.66. The fraction of sp³-hybridized carbons (Fsp3) is 1.00. The Morgan fingerprint density at radius 2 is 1.89 bits per heavy atom. The molecule has 0 aromatic carbocycles. The zero-order valence-corrected chi connectivity index (χ0v) is 8.09. The normalized spacial score (nSPS) is 8.67. The smallest absolute Gasteiger partial charge is 0.0701 e. The Hall–Kier alpha value is 0.880. The fourth-order valence-electron chi connectivity index (χ4n) is 0.309. The summed E-state index contributed by atoms with van der Waals surface area (Å²) in [4.78, 5) is 0. The van der Waals surface area contributed by atoms with Gasteiger partial charge in [-0.3, -0.25) is 0 Å². The maximum absolute atomic E-state index is 8.20. The van der Waals surface area contributed by atoms with Crippen molar-refractivity contribution in [2.75, 3.05) is 33.5 Å². The summed E-state index contributed by atoms with van der Waals surface area (Å²) in [6.07, 6.45) is 0. The topological polar surface area (TPSA) is 38.7 Å². The number of aliphatic hydroxyl groups is 1. The molecular weight excluding hydrogens is 131 g/mol. The van der Waals surface area contributed by atoms with Crippen molar-refractivity contribution in [2.24, 2.45) is 0 Å². The SMILES string of the molecule is COCCOCCO.[Na]. The van der Waals surface area contributed by atoms with Crippen molar-refractivity contribution in [1.82, 2.24) is 0 Å². The standard InChI is InChI=1S/C5H12O3.Na/c1-7-4-5-8-3-2-6;/h6H,2-5H2,1H3;. The van der Waals surface area contributed by atoms with E-state index in [9.17, 15) is 0 Å². The van der Waals surface area contributed by atoms with Crippen LogP contribution in [0.4, 0.5) is 0 Å². The summed E-state index contributed by atoms with van der Waals surface area (Å²) in [5.74, 6) is 0. The molecule has 0 unspecified atom stereocenters. The van der Waals surface area contributed by atoms with Gasteiger partial charge in [0.1, 0.15) is 0 Å². The Bertz CT molecular complexity index is 37.2. The van der Waals surface area contributed by atoms with Gasteiger partial charge in [0.2, 0.25) is 0 Å². The fourth-order valence-corrected chi connectivity index (χ4v) is 0.309. The van der Waals surface area contributed by atoms with Crippen LogP contribution in [0.1, 0.15) is 0 Å². The van der Waals surface area contributed by atoms with E-state index in [0.29, 0.717) is 19.8 Å². The molecule has 4 heteroatoms. The predicted octanol–water partition coefficient (Wildman–Crippen LogP) is -0.739. The van der Waals surface area contributed by atoms with Crippen LogP contribution in [0.3, 0.4) is 0 Å². The van der Waals surface area contributed by atoms with Crippen molar-refractivity contribution >= 4 is 29.6 Å². The number of hydrogen-bond acceptors (Lipinski definition) is 3. The third kappa shape index (κ3) is 12.2. The molecule has 0 aliphatic rings. The van der Waals surface area contributed by atoms with Crippen LogP contribution in [0.2, 0.25) is 0 Å². The van der Waals surface area contributed by atoms with E-state index in [1.54, 1.807) is 7.11 Å². The van der Waals surface area contributed by atoms with Gasteiger partial charge in [-0.1, -0.05) is 0 Å². The third-order valence-corrected chi connectivity index (χ3v) is 0.667. The number of hydrogen-bond donors (Lipinski definition) is 1. The Morgan fingerprint density at radius 3 is 2.33 bits per heavy atom. The van der Waals surface area contributed by atoms with E-state index in [0.717, 1.165) is 0 Å². The Labute approximate surface area is 77.6 Å². The molecule has 0 aliphatic carbocycles. The van der Waals surface area contributed by atoms with Crippen molar-refractivity contribution in [3.63, 3.8) is 0 Å². The van der Waals surface area contributed by atoms with Gasteiger partial charge in [-0.25, -0.2) is 0 Å². The van der Waals surface area contributed by atoms with Gasteiger partial charge in [0.05, 0.1) is 26.4 Å². The van der Waals surface area contributed by atoms with Crippen LogP contribution in [0.5, 0.6) is 0 Å². The van der Waals surface area contributed by atoms with E-state index >= 15 is 0 Å². The molecule has 0 saturated heterocycles. The summed E-state index contributed by atoms with van der Waals surface area (Å²) in [7, 11) is 1.61. The molecule has 1 radical (unpaired) electrons. The quantitative estimate of drug-likeness (QED) is 0.407. The maximum atomic E-state index is 8.20. The molecule has 51 valence electrons. The first kappa shape index (κ1) is 12.5. The van der Waals surface area contributed by atoms with Crippen molar-refractivity contribution in [2.45, 2.75) is 0 Å². The molecule has 0 saturated carbocycles. The summed E-state index contributed by atoms with van der Waals surface area (Å²) in [5, 5.41) is 8.20. The van der Waals surface area contributed by atoms with E-state index in [2.05, 4.69) is 4.74 Å². The van der Waals surface area contributed by atoms with E-state index in [1.807, 2.05) is 0 Å². The number of methoxy groups -OCH3 is 1. The molecule has 0 aliphatic heterocycles. The molecule has 0 spiro atoms. The monoisotopic (exact) mass is 143 g/mol. The van der Waals surface area contributed by atoms with E-state index in [-0.39, 0.29) is 36.2 Å². The molecule has 0 bridgehead atoms. The van der Waals surface area contributed by atoms with E-state index in [4.69, 9.17) is 9.84 Å². The van der Waals surface area contributed by atoms with Crippen molar-refractivity contribution in [3.8, 4) is 0 Å². The van der Waals surface area contributed by atoms with Gasteiger partial charge < -0.3 is 14.6 Å². The van der Waals surface area contributed by atoms with Gasteiger partial charge in [0, 0.05) is 36.7 Å². The summed E-state index contributed by atoms with van der Waals surface area (Å²) < 4.78 is 9.53. The van der Waals surface area contributed by atoms with Gasteiger partial charge in [-0.15, -0.1) is 0 Å². The zero-order valence-electron chi connectivity index (χ0n) is 6.09. The second kappa shape index (κ2) is 11.6. The van der Waals surface area contributed by atoms with Gasteiger partial charge in [0.25, 0.3) is 0 Å². The van der Waals surface area contributed by atoms with E-state index in [1.165, 1.54) is 0 Å². The van der Waals surface area contributed by atoms with E-state index < -0.39 is 0 Å². The summed E-state index contributed by atoms with van der Waals surface area (Å²) in [6, 6.07) is 0. The maximum Gasteiger partial charge on any atom is 0.0701 e. The second-order valence-electron chi connectivity index (χ2n) is 1.33. The Kier molecular flexibility index (Phi) is 16.2. The third-order valence-electron chi connectivity index (χ3n) is 0.667. The molecule has 0 heterocycles. The molecule has 0 rings (SSSR count). The predicted molar refractivity (Wildman–Crippen MR) is 35.5 cm³/mol. The van der Waals surface area contributed by atoms with Crippen molar-refractivity contribution in [3.05, 3.63) is 0 Å². The van der Waals surface area contributed by atoms with Crippen LogP contribution in [0.15, 0.2) is 0 Å². The summed E-state index contributed by atoms with van der Waals surface area (Å²) >= 11 is 0. The van der Waals surface area contributed by atoms with Crippen LogP contribution < -0.4 is 0 Å². The Morgan fingerprint density at radius 1 is 1.22 bits per heavy atom. The molecule has 9 heavy (non-hydrogen) atoms. The first-order valence-electron chi connectivity index (χ1n) is 2.59. The minimum Gasteiger partial charge on any atom is -0.394 e. The molecule has 1 N–H and O–H groups in total. The minimum atomic E-state index is 0. The van der Waals surface area contributed by atoms with Crippen molar-refractivity contribution in [1.29, 1.82) is 0 Å². The average molecular weight is 143 g/mol. The molecule has 0 fully saturated rings. The van der Waals surface area contributed by atoms with Gasteiger partial charge in [0.15, 0.2) is 0 Å². The minimum absolute atomic E-state index is 0. The molecule has 0 atom stereocenters. The van der Waals surface area contributed by atoms with Gasteiger partial charge in [-0.05, 0) is 0 Å². The van der Waals surface area contributed by atoms with Crippen LogP contribution in [0.25, 0.3) is 0 Å². The number of rotatable bonds is 5. The molecule has 0 aromatic rings. The largest absolute Gasteiger partial charge is 0.394 e. The molecular formula is C5H12NaO3. The first-order chi connectivity index (χ1) is 3.91. The van der Waals surface area contributed by atoms with Gasteiger partial charge in [-0.2, -0.15) is 0 Å². The number of aliphatic hydroxyl groups excluding tert-OH is 1.